The van der Waals surface area contributed by atoms with Crippen molar-refractivity contribution < 1.29 is 4.79 Å². The van der Waals surface area contributed by atoms with Gasteiger partial charge in [0.1, 0.15) is 0 Å². The number of likely N-dealkylation sites (tertiary alicyclic amines) is 1. The van der Waals surface area contributed by atoms with E-state index >= 15 is 0 Å². The Balaban J connectivity index is 1.89. The number of hydrogen-bond donors (Lipinski definition) is 1. The molecule has 1 aromatic rings. The van der Waals surface area contributed by atoms with Gasteiger partial charge in [0.25, 0.3) is 0 Å². The van der Waals surface area contributed by atoms with Gasteiger partial charge in [0.15, 0.2) is 0 Å². The summed E-state index contributed by atoms with van der Waals surface area (Å²) in [6, 6.07) is 12.3. The number of carbonyl (C=O) groups excluding carboxylic acids is 1. The molecule has 4 nitrogen and oxygen atoms in total. The summed E-state index contributed by atoms with van der Waals surface area (Å²) in [4.78, 5) is 13.9. The Kier molecular flexibility index (Phi) is 5.14. The molecule has 0 spiro atoms. The second-order valence-electron chi connectivity index (χ2n) is 5.28. The number of benzene rings is 1. The van der Waals surface area contributed by atoms with Crippen LogP contribution < -0.4 is 5.32 Å². The first-order valence-electron chi connectivity index (χ1n) is 7.13. The van der Waals surface area contributed by atoms with Gasteiger partial charge in [-0.25, -0.2) is 0 Å². The van der Waals surface area contributed by atoms with Gasteiger partial charge in [-0.05, 0) is 31.5 Å². The van der Waals surface area contributed by atoms with Crippen LogP contribution in [0.2, 0.25) is 0 Å². The number of hydrogen-bond acceptors (Lipinski definition) is 3. The van der Waals surface area contributed by atoms with Gasteiger partial charge in [0.2, 0.25) is 5.91 Å². The molecule has 1 aliphatic heterocycles. The first kappa shape index (κ1) is 14.5. The van der Waals surface area contributed by atoms with E-state index in [0.29, 0.717) is 0 Å². The molecule has 20 heavy (non-hydrogen) atoms. The van der Waals surface area contributed by atoms with Gasteiger partial charge in [-0.1, -0.05) is 30.3 Å². The van der Waals surface area contributed by atoms with E-state index in [9.17, 15) is 10.1 Å². The smallest absolute Gasteiger partial charge is 0.222 e. The highest BCUT2D eigenvalue weighted by molar-refractivity contribution is 5.78. The Bertz CT molecular complexity index is 472. The van der Waals surface area contributed by atoms with Crippen LogP contribution in [0, 0.1) is 17.2 Å². The van der Waals surface area contributed by atoms with Crippen LogP contribution in [0.5, 0.6) is 0 Å². The minimum atomic E-state index is -0.0900. The molecule has 0 aromatic heterocycles. The predicted molar refractivity (Wildman–Crippen MR) is 78.0 cm³/mol. The zero-order valence-electron chi connectivity index (χ0n) is 11.9. The first-order chi connectivity index (χ1) is 9.74. The monoisotopic (exact) mass is 271 g/mol. The van der Waals surface area contributed by atoms with Crippen LogP contribution in [0.3, 0.4) is 0 Å². The van der Waals surface area contributed by atoms with Crippen molar-refractivity contribution in [2.45, 2.75) is 18.8 Å². The highest BCUT2D eigenvalue weighted by Crippen LogP contribution is 2.21. The summed E-state index contributed by atoms with van der Waals surface area (Å²) >= 11 is 0. The maximum atomic E-state index is 11.6. The van der Waals surface area contributed by atoms with E-state index in [1.54, 1.807) is 7.05 Å². The highest BCUT2D eigenvalue weighted by Gasteiger charge is 2.25. The van der Waals surface area contributed by atoms with Crippen LogP contribution >= 0.6 is 0 Å². The predicted octanol–water partition coefficient (Wildman–Crippen LogP) is 1.75. The van der Waals surface area contributed by atoms with Crippen LogP contribution in [0.15, 0.2) is 30.3 Å². The van der Waals surface area contributed by atoms with Crippen LogP contribution in [0.1, 0.15) is 24.3 Å². The number of nitrogens with zero attached hydrogens (tertiary/aromatic N) is 2. The number of piperidine rings is 1. The van der Waals surface area contributed by atoms with Crippen LogP contribution in [0.25, 0.3) is 0 Å². The average molecular weight is 271 g/mol. The lowest BCUT2D eigenvalue weighted by atomic mass is 9.94. The van der Waals surface area contributed by atoms with Crippen molar-refractivity contribution in [2.24, 2.45) is 5.92 Å². The normalized spacial score (nSPS) is 18.2. The van der Waals surface area contributed by atoms with Crippen LogP contribution in [0.4, 0.5) is 0 Å². The Morgan fingerprint density at radius 1 is 1.40 bits per heavy atom. The van der Waals surface area contributed by atoms with E-state index in [4.69, 9.17) is 0 Å². The number of amides is 1. The van der Waals surface area contributed by atoms with Crippen molar-refractivity contribution in [3.8, 4) is 6.07 Å². The van der Waals surface area contributed by atoms with Crippen molar-refractivity contribution >= 4 is 5.91 Å². The molecule has 1 heterocycles. The summed E-state index contributed by atoms with van der Waals surface area (Å²) in [5.74, 6) is 0.186. The first-order valence-corrected chi connectivity index (χ1v) is 7.13. The van der Waals surface area contributed by atoms with Crippen molar-refractivity contribution in [1.82, 2.24) is 10.2 Å². The average Bonchev–Trinajstić information content (AvgIpc) is 2.53. The molecular weight excluding hydrogens is 250 g/mol. The molecule has 0 bridgehead atoms. The summed E-state index contributed by atoms with van der Waals surface area (Å²) in [6.45, 7) is 2.53. The maximum absolute atomic E-state index is 11.6. The highest BCUT2D eigenvalue weighted by atomic mass is 16.1. The van der Waals surface area contributed by atoms with Crippen molar-refractivity contribution in [2.75, 3.05) is 26.7 Å². The Morgan fingerprint density at radius 2 is 2.05 bits per heavy atom. The lowest BCUT2D eigenvalue weighted by Gasteiger charge is -2.32. The van der Waals surface area contributed by atoms with Crippen LogP contribution in [-0.2, 0) is 4.79 Å². The number of nitrogens with one attached hydrogen (secondary N) is 1. The van der Waals surface area contributed by atoms with E-state index in [2.05, 4.69) is 16.3 Å². The van der Waals surface area contributed by atoms with Crippen molar-refractivity contribution in [3.05, 3.63) is 35.9 Å². The van der Waals surface area contributed by atoms with Gasteiger partial charge in [-0.3, -0.25) is 4.79 Å². The Morgan fingerprint density at radius 3 is 2.60 bits per heavy atom. The minimum Gasteiger partial charge on any atom is -0.359 e. The molecule has 1 amide bonds. The van der Waals surface area contributed by atoms with E-state index < -0.39 is 0 Å². The molecule has 1 unspecified atom stereocenters. The SMILES string of the molecule is CNC(=O)C1CCN(CC(C#N)c2ccccc2)CC1. The third-order valence-corrected chi connectivity index (χ3v) is 4.00. The van der Waals surface area contributed by atoms with E-state index in [1.165, 1.54) is 0 Å². The molecule has 106 valence electrons. The Hall–Kier alpha value is -1.86. The molecular formula is C16H21N3O. The largest absolute Gasteiger partial charge is 0.359 e. The molecule has 1 aromatic carbocycles. The number of carbonyl (C=O) groups is 1. The van der Waals surface area contributed by atoms with Crippen LogP contribution in [-0.4, -0.2) is 37.5 Å². The third kappa shape index (κ3) is 3.58. The summed E-state index contributed by atoms with van der Waals surface area (Å²) in [5, 5.41) is 12.1. The zero-order chi connectivity index (χ0) is 14.4. The van der Waals surface area contributed by atoms with Gasteiger partial charge in [0, 0.05) is 19.5 Å². The van der Waals surface area contributed by atoms with Gasteiger partial charge >= 0.3 is 0 Å². The second-order valence-corrected chi connectivity index (χ2v) is 5.28. The van der Waals surface area contributed by atoms with Gasteiger partial charge in [0.05, 0.1) is 12.0 Å². The fourth-order valence-corrected chi connectivity index (χ4v) is 2.75. The summed E-state index contributed by atoms with van der Waals surface area (Å²) in [6.07, 6.45) is 1.76. The van der Waals surface area contributed by atoms with Gasteiger partial charge in [-0.2, -0.15) is 5.26 Å². The summed E-state index contributed by atoms with van der Waals surface area (Å²) in [5.41, 5.74) is 1.07. The molecule has 1 N–H and O–H groups in total. The van der Waals surface area contributed by atoms with Gasteiger partial charge < -0.3 is 10.2 Å². The molecule has 0 aliphatic carbocycles. The lowest BCUT2D eigenvalue weighted by molar-refractivity contribution is -0.125. The molecule has 1 atom stereocenters. The van der Waals surface area contributed by atoms with E-state index in [-0.39, 0.29) is 17.7 Å². The zero-order valence-corrected chi connectivity index (χ0v) is 11.9. The van der Waals surface area contributed by atoms with Crippen molar-refractivity contribution in [3.63, 3.8) is 0 Å². The fraction of sp³-hybridized carbons (Fsp3) is 0.500. The maximum Gasteiger partial charge on any atom is 0.222 e. The summed E-state index contributed by atoms with van der Waals surface area (Å²) in [7, 11) is 1.69. The second kappa shape index (κ2) is 7.06. The van der Waals surface area contributed by atoms with E-state index in [0.717, 1.165) is 38.0 Å². The number of rotatable bonds is 4. The molecule has 4 heteroatoms. The summed E-state index contributed by atoms with van der Waals surface area (Å²) < 4.78 is 0. The van der Waals surface area contributed by atoms with E-state index in [1.807, 2.05) is 30.3 Å². The molecule has 1 fully saturated rings. The minimum absolute atomic E-state index is 0.0900. The standard InChI is InChI=1S/C16H21N3O/c1-18-16(20)14-7-9-19(10-8-14)12-15(11-17)13-5-3-2-4-6-13/h2-6,14-15H,7-10,12H2,1H3,(H,18,20). The van der Waals surface area contributed by atoms with Gasteiger partial charge in [-0.15, -0.1) is 0 Å². The lowest BCUT2D eigenvalue weighted by Crippen LogP contribution is -2.40. The fourth-order valence-electron chi connectivity index (χ4n) is 2.75. The quantitative estimate of drug-likeness (QED) is 0.907. The van der Waals surface area contributed by atoms with Crippen molar-refractivity contribution in [1.29, 1.82) is 5.26 Å². The molecule has 1 aliphatic rings. The third-order valence-electron chi connectivity index (χ3n) is 4.00. The Labute approximate surface area is 120 Å². The number of nitriles is 1. The molecule has 0 saturated carbocycles. The molecule has 1 saturated heterocycles. The molecule has 0 radical (unpaired) electrons. The topological polar surface area (TPSA) is 56.1 Å². The molecule has 2 rings (SSSR count).